The summed E-state index contributed by atoms with van der Waals surface area (Å²) in [6.07, 6.45) is 8.35. The lowest BCUT2D eigenvalue weighted by Gasteiger charge is -2.42. The summed E-state index contributed by atoms with van der Waals surface area (Å²) in [6, 6.07) is 6.99. The Kier molecular flexibility index (Phi) is 12.6. The highest BCUT2D eigenvalue weighted by atomic mass is 79.9. The summed E-state index contributed by atoms with van der Waals surface area (Å²) in [6.45, 7) is 13.5. The largest absolute Gasteiger partial charge is 0.455 e. The Bertz CT molecular complexity index is 1400. The summed E-state index contributed by atoms with van der Waals surface area (Å²) < 4.78 is 13.1. The van der Waals surface area contributed by atoms with E-state index >= 15 is 0 Å². The van der Waals surface area contributed by atoms with Crippen LogP contribution in [0.2, 0.25) is 0 Å². The van der Waals surface area contributed by atoms with Gasteiger partial charge in [-0.2, -0.15) is 0 Å². The average molecular weight is 757 g/mol. The zero-order valence-corrected chi connectivity index (χ0v) is 31.3. The zero-order chi connectivity index (χ0) is 36.2. The molecule has 10 nitrogen and oxygen atoms in total. The quantitative estimate of drug-likeness (QED) is 0.134. The third-order valence-electron chi connectivity index (χ3n) is 11.0. The average Bonchev–Trinajstić information content (AvgIpc) is 3.70. The van der Waals surface area contributed by atoms with Gasteiger partial charge in [0.15, 0.2) is 0 Å². The number of alkyl halides is 1. The van der Waals surface area contributed by atoms with Crippen LogP contribution < -0.4 is 5.32 Å². The smallest absolute Gasteiger partial charge is 0.313 e. The van der Waals surface area contributed by atoms with E-state index in [-0.39, 0.29) is 47.5 Å². The zero-order valence-electron chi connectivity index (χ0n) is 29.7. The molecule has 0 aromatic heterocycles. The second-order valence-electron chi connectivity index (χ2n) is 14.9. The monoisotopic (exact) mass is 755 g/mol. The first-order chi connectivity index (χ1) is 24.0. The molecule has 5 rings (SSSR count). The molecule has 1 aromatic rings. The first-order valence-corrected chi connectivity index (χ1v) is 19.2. The van der Waals surface area contributed by atoms with E-state index in [4.69, 9.17) is 9.47 Å². The molecule has 1 saturated carbocycles. The Balaban J connectivity index is 1.52. The van der Waals surface area contributed by atoms with Crippen LogP contribution in [0.5, 0.6) is 0 Å². The van der Waals surface area contributed by atoms with Crippen molar-refractivity contribution in [2.24, 2.45) is 17.8 Å². The van der Waals surface area contributed by atoms with Crippen LogP contribution in [-0.4, -0.2) is 92.4 Å². The SMILES string of the molecule is C=CCCC(=O)N[C@H](C)[C@@H](OC(=O)[C@@H]1[C@H]2O[C@@]3(CC2Br)[C@H](C(=O)N(CC=C)C2CCCCC2)N([C@@H](CO)CC(C)C)C(=O)[C@@H]13)c1ccccc1. The van der Waals surface area contributed by atoms with Crippen molar-refractivity contribution in [3.05, 3.63) is 61.2 Å². The first-order valence-electron chi connectivity index (χ1n) is 18.3. The summed E-state index contributed by atoms with van der Waals surface area (Å²) in [4.78, 5) is 60.1. The van der Waals surface area contributed by atoms with Crippen LogP contribution in [-0.2, 0) is 28.7 Å². The van der Waals surface area contributed by atoms with Gasteiger partial charge in [0.2, 0.25) is 17.7 Å². The summed E-state index contributed by atoms with van der Waals surface area (Å²) in [5.74, 6) is -3.24. The predicted molar refractivity (Wildman–Crippen MR) is 194 cm³/mol. The van der Waals surface area contributed by atoms with Crippen LogP contribution in [0.3, 0.4) is 0 Å². The molecule has 1 aromatic carbocycles. The van der Waals surface area contributed by atoms with Crippen LogP contribution in [0, 0.1) is 17.8 Å². The van der Waals surface area contributed by atoms with Crippen LogP contribution in [0.1, 0.15) is 90.2 Å². The van der Waals surface area contributed by atoms with Crippen LogP contribution in [0.25, 0.3) is 0 Å². The van der Waals surface area contributed by atoms with E-state index in [0.29, 0.717) is 31.4 Å². The number of benzene rings is 1. The van der Waals surface area contributed by atoms with E-state index in [2.05, 4.69) is 34.4 Å². The number of hydrogen-bond acceptors (Lipinski definition) is 7. The van der Waals surface area contributed by atoms with Gasteiger partial charge in [-0.25, -0.2) is 0 Å². The van der Waals surface area contributed by atoms with Gasteiger partial charge in [0, 0.05) is 23.8 Å². The lowest BCUT2D eigenvalue weighted by molar-refractivity contribution is -0.162. The summed E-state index contributed by atoms with van der Waals surface area (Å²) in [5, 5.41) is 13.7. The number of rotatable bonds is 16. The topological polar surface area (TPSA) is 125 Å². The number of hydrogen-bond donors (Lipinski definition) is 2. The van der Waals surface area contributed by atoms with Gasteiger partial charge >= 0.3 is 5.97 Å². The fourth-order valence-corrected chi connectivity index (χ4v) is 9.82. The molecule has 2 bridgehead atoms. The Hall–Kier alpha value is -3.02. The van der Waals surface area contributed by atoms with Gasteiger partial charge in [-0.3, -0.25) is 19.2 Å². The Morgan fingerprint density at radius 1 is 1.14 bits per heavy atom. The fraction of sp³-hybridized carbons (Fsp3) is 0.641. The maximum Gasteiger partial charge on any atom is 0.313 e. The molecule has 3 amide bonds. The third-order valence-corrected chi connectivity index (χ3v) is 11.8. The number of amides is 3. The normalized spacial score (nSPS) is 29.3. The van der Waals surface area contributed by atoms with Crippen molar-refractivity contribution in [1.29, 1.82) is 0 Å². The number of likely N-dealkylation sites (tertiary alicyclic amines) is 1. The number of nitrogens with zero attached hydrogens (tertiary/aromatic N) is 2. The molecule has 3 heterocycles. The number of aliphatic hydroxyl groups excluding tert-OH is 1. The molecular formula is C39H54BrN3O7. The van der Waals surface area contributed by atoms with E-state index in [1.807, 2.05) is 49.1 Å². The third kappa shape index (κ3) is 7.46. The van der Waals surface area contributed by atoms with Crippen molar-refractivity contribution in [1.82, 2.24) is 15.1 Å². The predicted octanol–water partition coefficient (Wildman–Crippen LogP) is 5.24. The molecule has 4 fully saturated rings. The number of carbonyl (C=O) groups is 4. The van der Waals surface area contributed by atoms with Crippen molar-refractivity contribution in [3.63, 3.8) is 0 Å². The van der Waals surface area contributed by atoms with Crippen molar-refractivity contribution >= 4 is 39.6 Å². The number of allylic oxidation sites excluding steroid dienone is 1. The minimum atomic E-state index is -1.29. The van der Waals surface area contributed by atoms with Gasteiger partial charge in [0.1, 0.15) is 17.7 Å². The Morgan fingerprint density at radius 2 is 1.84 bits per heavy atom. The molecule has 3 saturated heterocycles. The maximum absolute atomic E-state index is 15.0. The molecule has 1 unspecified atom stereocenters. The number of nitrogens with one attached hydrogen (secondary N) is 1. The number of fused-ring (bicyclic) bond motifs is 1. The molecular weight excluding hydrogens is 702 g/mol. The highest BCUT2D eigenvalue weighted by Crippen LogP contribution is 2.61. The standard InChI is InChI=1S/C39H54BrN3O7/c1-6-8-19-30(45)41-25(5)33(26-15-11-9-12-16-26)49-38(48)31-32-36(46)43(28(23-44)21-24(3)4)35(39(32)22-29(40)34(31)50-39)37(47)42(20-7-2)27-17-13-10-14-18-27/h6-7,9,11-12,15-16,24-25,27-29,31-35,44H,1-2,8,10,13-14,17-23H2,3-5H3,(H,41,45)/t25-,28-,29?,31+,32-,33-,34+,35+,39-/m1/s1. The number of carbonyl (C=O) groups excluding carboxylic acids is 4. The second-order valence-corrected chi connectivity index (χ2v) is 16.1. The van der Waals surface area contributed by atoms with Gasteiger partial charge in [-0.15, -0.1) is 13.2 Å². The Labute approximate surface area is 305 Å². The highest BCUT2D eigenvalue weighted by molar-refractivity contribution is 9.09. The maximum atomic E-state index is 15.0. The van der Waals surface area contributed by atoms with Gasteiger partial charge in [0.25, 0.3) is 0 Å². The molecule has 1 spiro atoms. The van der Waals surface area contributed by atoms with Crippen molar-refractivity contribution in [3.8, 4) is 0 Å². The van der Waals surface area contributed by atoms with E-state index < -0.39 is 53.7 Å². The van der Waals surface area contributed by atoms with Crippen molar-refractivity contribution < 1.29 is 33.8 Å². The lowest BCUT2D eigenvalue weighted by atomic mass is 9.70. The lowest BCUT2D eigenvalue weighted by Crippen LogP contribution is -2.60. The van der Waals surface area contributed by atoms with E-state index in [1.165, 1.54) is 0 Å². The summed E-state index contributed by atoms with van der Waals surface area (Å²) >= 11 is 3.77. The summed E-state index contributed by atoms with van der Waals surface area (Å²) in [5.41, 5.74) is -0.592. The van der Waals surface area contributed by atoms with Crippen molar-refractivity contribution in [2.45, 2.75) is 125 Å². The van der Waals surface area contributed by atoms with Crippen molar-refractivity contribution in [2.75, 3.05) is 13.2 Å². The molecule has 9 atom stereocenters. The molecule has 274 valence electrons. The highest BCUT2D eigenvalue weighted by Gasteiger charge is 2.77. The number of ether oxygens (including phenoxy) is 2. The van der Waals surface area contributed by atoms with Crippen LogP contribution >= 0.6 is 15.9 Å². The second kappa shape index (κ2) is 16.5. The molecule has 50 heavy (non-hydrogen) atoms. The molecule has 4 aliphatic rings. The number of halogens is 1. The fourth-order valence-electron chi connectivity index (χ4n) is 8.88. The Morgan fingerprint density at radius 3 is 2.46 bits per heavy atom. The molecule has 1 aliphatic carbocycles. The molecule has 11 heteroatoms. The van der Waals surface area contributed by atoms with Gasteiger partial charge in [-0.05, 0) is 50.5 Å². The van der Waals surface area contributed by atoms with E-state index in [1.54, 1.807) is 24.0 Å². The van der Waals surface area contributed by atoms with Crippen LogP contribution in [0.15, 0.2) is 55.6 Å². The van der Waals surface area contributed by atoms with Gasteiger partial charge < -0.3 is 29.7 Å². The minimum Gasteiger partial charge on any atom is -0.455 e. The molecule has 3 aliphatic heterocycles. The van der Waals surface area contributed by atoms with Gasteiger partial charge in [-0.1, -0.05) is 91.5 Å². The van der Waals surface area contributed by atoms with E-state index in [9.17, 15) is 24.3 Å². The van der Waals surface area contributed by atoms with Gasteiger partial charge in [0.05, 0.1) is 36.6 Å². The number of esters is 1. The number of aliphatic hydroxyl groups is 1. The van der Waals surface area contributed by atoms with E-state index in [0.717, 1.165) is 32.1 Å². The van der Waals surface area contributed by atoms with Crippen LogP contribution in [0.4, 0.5) is 0 Å². The summed E-state index contributed by atoms with van der Waals surface area (Å²) in [7, 11) is 0. The first kappa shape index (κ1) is 38.2. The molecule has 2 N–H and O–H groups in total. The molecule has 0 radical (unpaired) electrons. The minimum absolute atomic E-state index is 0.00766.